The van der Waals surface area contributed by atoms with Crippen molar-refractivity contribution in [2.45, 2.75) is 64.5 Å². The molecule has 0 aromatic heterocycles. The Kier molecular flexibility index (Phi) is 9.30. The van der Waals surface area contributed by atoms with Gasteiger partial charge in [0.25, 0.3) is 0 Å². The highest BCUT2D eigenvalue weighted by Gasteiger charge is 2.36. The minimum absolute atomic E-state index is 0.00981. The second kappa shape index (κ2) is 10.7. The standard InChI is InChI=1S/C21H34O4Si2/c1-8-24-21(22)25-19(17-23-16-18-12-10-9-11-13-18)20(27(5,6)7)14-15-26(2,3)4/h9-13,19-20H,8,16-17H2,1-7H3/t19-,20-/m0/s1. The highest BCUT2D eigenvalue weighted by molar-refractivity contribution is 6.84. The third kappa shape index (κ3) is 9.80. The largest absolute Gasteiger partial charge is 0.508 e. The second-order valence-corrected chi connectivity index (χ2v) is 18.8. The fourth-order valence-electron chi connectivity index (χ4n) is 2.50. The first kappa shape index (κ1) is 23.5. The molecule has 1 aromatic rings. The molecule has 0 aliphatic carbocycles. The lowest BCUT2D eigenvalue weighted by atomic mass is 10.2. The molecule has 2 atom stereocenters. The second-order valence-electron chi connectivity index (χ2n) is 8.70. The van der Waals surface area contributed by atoms with Gasteiger partial charge in [0, 0.05) is 0 Å². The quantitative estimate of drug-likeness (QED) is 0.332. The molecule has 0 N–H and O–H groups in total. The Bertz CT molecular complexity index is 636. The smallest absolute Gasteiger partial charge is 0.435 e. The molecule has 0 amide bonds. The third-order valence-corrected chi connectivity index (χ3v) is 7.09. The maximum Gasteiger partial charge on any atom is 0.508 e. The van der Waals surface area contributed by atoms with Crippen LogP contribution in [-0.4, -0.2) is 41.6 Å². The number of hydrogen-bond acceptors (Lipinski definition) is 4. The Labute approximate surface area is 166 Å². The van der Waals surface area contributed by atoms with Crippen molar-refractivity contribution in [2.24, 2.45) is 0 Å². The lowest BCUT2D eigenvalue weighted by Gasteiger charge is -2.31. The van der Waals surface area contributed by atoms with E-state index in [0.29, 0.717) is 13.2 Å². The van der Waals surface area contributed by atoms with Gasteiger partial charge in [0.05, 0.1) is 33.4 Å². The number of ether oxygens (including phenoxy) is 3. The van der Waals surface area contributed by atoms with E-state index in [1.54, 1.807) is 6.92 Å². The Morgan fingerprint density at radius 1 is 1.07 bits per heavy atom. The molecule has 0 fully saturated rings. The normalized spacial score (nSPS) is 13.9. The number of rotatable bonds is 8. The highest BCUT2D eigenvalue weighted by atomic mass is 28.3. The van der Waals surface area contributed by atoms with Crippen molar-refractivity contribution in [1.29, 1.82) is 0 Å². The maximum atomic E-state index is 12.0. The van der Waals surface area contributed by atoms with Gasteiger partial charge in [0.15, 0.2) is 0 Å². The van der Waals surface area contributed by atoms with Crippen LogP contribution in [0.15, 0.2) is 30.3 Å². The molecular weight excluding hydrogens is 372 g/mol. The molecule has 0 radical (unpaired) electrons. The van der Waals surface area contributed by atoms with Crippen LogP contribution < -0.4 is 0 Å². The van der Waals surface area contributed by atoms with Crippen LogP contribution in [-0.2, 0) is 20.8 Å². The van der Waals surface area contributed by atoms with Crippen LogP contribution in [0, 0.1) is 11.5 Å². The van der Waals surface area contributed by atoms with Crippen molar-refractivity contribution in [3.8, 4) is 11.5 Å². The molecule has 0 heterocycles. The zero-order valence-corrected chi connectivity index (χ0v) is 19.8. The molecule has 0 aliphatic rings. The van der Waals surface area contributed by atoms with E-state index in [-0.39, 0.29) is 12.1 Å². The summed E-state index contributed by atoms with van der Waals surface area (Å²) < 4.78 is 16.6. The van der Waals surface area contributed by atoms with Gasteiger partial charge in [-0.15, -0.1) is 11.5 Å². The lowest BCUT2D eigenvalue weighted by Crippen LogP contribution is -2.41. The first-order chi connectivity index (χ1) is 12.5. The van der Waals surface area contributed by atoms with E-state index in [0.717, 1.165) is 5.56 Å². The lowest BCUT2D eigenvalue weighted by molar-refractivity contribution is -0.0170. The van der Waals surface area contributed by atoms with Gasteiger partial charge in [0.2, 0.25) is 0 Å². The molecule has 0 saturated carbocycles. The predicted octanol–water partition coefficient (Wildman–Crippen LogP) is 5.33. The van der Waals surface area contributed by atoms with Crippen LogP contribution >= 0.6 is 0 Å². The van der Waals surface area contributed by atoms with Gasteiger partial charge in [0.1, 0.15) is 14.2 Å². The van der Waals surface area contributed by atoms with E-state index < -0.39 is 28.4 Å². The third-order valence-electron chi connectivity index (χ3n) is 3.81. The average molecular weight is 407 g/mol. The van der Waals surface area contributed by atoms with E-state index in [2.05, 4.69) is 50.7 Å². The molecular formula is C21H34O4Si2. The highest BCUT2D eigenvalue weighted by Crippen LogP contribution is 2.28. The molecule has 1 aromatic carbocycles. The summed E-state index contributed by atoms with van der Waals surface area (Å²) in [5, 5.41) is 0. The summed E-state index contributed by atoms with van der Waals surface area (Å²) in [6.45, 7) is 16.2. The molecule has 0 unspecified atom stereocenters. The van der Waals surface area contributed by atoms with E-state index in [9.17, 15) is 4.79 Å². The fraction of sp³-hybridized carbons (Fsp3) is 0.571. The summed E-state index contributed by atoms with van der Waals surface area (Å²) in [5.41, 5.74) is 4.54. The minimum atomic E-state index is -1.73. The van der Waals surface area contributed by atoms with Crippen LogP contribution in [0.2, 0.25) is 44.8 Å². The molecule has 4 nitrogen and oxygen atoms in total. The van der Waals surface area contributed by atoms with E-state index in [1.807, 2.05) is 30.3 Å². The first-order valence-corrected chi connectivity index (χ1v) is 16.6. The molecule has 0 bridgehead atoms. The van der Waals surface area contributed by atoms with Crippen molar-refractivity contribution in [1.82, 2.24) is 0 Å². The molecule has 0 aliphatic heterocycles. The van der Waals surface area contributed by atoms with Crippen molar-refractivity contribution in [2.75, 3.05) is 13.2 Å². The van der Waals surface area contributed by atoms with Crippen molar-refractivity contribution >= 4 is 22.3 Å². The fourth-order valence-corrected chi connectivity index (χ4v) is 5.02. The summed E-state index contributed by atoms with van der Waals surface area (Å²) in [6.07, 6.45) is -1.08. The van der Waals surface area contributed by atoms with Crippen LogP contribution in [0.1, 0.15) is 12.5 Å². The Morgan fingerprint density at radius 3 is 2.22 bits per heavy atom. The van der Waals surface area contributed by atoms with E-state index in [1.165, 1.54) is 0 Å². The Morgan fingerprint density at radius 2 is 1.70 bits per heavy atom. The number of carbonyl (C=O) groups is 1. The van der Waals surface area contributed by atoms with E-state index >= 15 is 0 Å². The molecule has 27 heavy (non-hydrogen) atoms. The SMILES string of the molecule is CCOC(=O)O[C@@H](COCc1ccccc1)[C@H](C#C[Si](C)(C)C)[Si](C)(C)C. The molecule has 0 spiro atoms. The number of benzene rings is 1. The summed E-state index contributed by atoms with van der Waals surface area (Å²) in [4.78, 5) is 12.0. The predicted molar refractivity (Wildman–Crippen MR) is 116 cm³/mol. The minimum Gasteiger partial charge on any atom is -0.435 e. The monoisotopic (exact) mass is 406 g/mol. The molecule has 1 rings (SSSR count). The summed E-state index contributed by atoms with van der Waals surface area (Å²) >= 11 is 0. The molecule has 150 valence electrons. The average Bonchev–Trinajstić information content (AvgIpc) is 2.53. The van der Waals surface area contributed by atoms with Gasteiger partial charge in [-0.05, 0) is 12.5 Å². The van der Waals surface area contributed by atoms with Crippen LogP contribution in [0.4, 0.5) is 4.79 Å². The van der Waals surface area contributed by atoms with Crippen molar-refractivity contribution in [3.63, 3.8) is 0 Å². The Balaban J connectivity index is 2.96. The number of hydrogen-bond donors (Lipinski definition) is 0. The zero-order valence-electron chi connectivity index (χ0n) is 17.8. The van der Waals surface area contributed by atoms with Crippen molar-refractivity contribution in [3.05, 3.63) is 35.9 Å². The maximum absolute atomic E-state index is 12.0. The molecule has 6 heteroatoms. The van der Waals surface area contributed by atoms with Gasteiger partial charge in [-0.2, -0.15) is 0 Å². The van der Waals surface area contributed by atoms with Crippen LogP contribution in [0.5, 0.6) is 0 Å². The molecule has 0 saturated heterocycles. The summed E-state index contributed by atoms with van der Waals surface area (Å²) in [7, 11) is -3.27. The van der Waals surface area contributed by atoms with Gasteiger partial charge < -0.3 is 14.2 Å². The first-order valence-electron chi connectivity index (χ1n) is 9.50. The Hall–Kier alpha value is -1.56. The van der Waals surface area contributed by atoms with Crippen molar-refractivity contribution < 1.29 is 19.0 Å². The summed E-state index contributed by atoms with van der Waals surface area (Å²) in [6, 6.07) is 9.97. The van der Waals surface area contributed by atoms with Crippen LogP contribution in [0.3, 0.4) is 0 Å². The van der Waals surface area contributed by atoms with Gasteiger partial charge in [-0.1, -0.05) is 69.6 Å². The van der Waals surface area contributed by atoms with Crippen LogP contribution in [0.25, 0.3) is 0 Å². The summed E-state index contributed by atoms with van der Waals surface area (Å²) in [5.74, 6) is 3.46. The number of carbonyl (C=O) groups excluding carboxylic acids is 1. The topological polar surface area (TPSA) is 44.8 Å². The van der Waals surface area contributed by atoms with E-state index in [4.69, 9.17) is 14.2 Å². The van der Waals surface area contributed by atoms with Gasteiger partial charge in [-0.3, -0.25) is 0 Å². The zero-order chi connectivity index (χ0) is 20.5. The van der Waals surface area contributed by atoms with Gasteiger partial charge in [-0.25, -0.2) is 4.79 Å². The van der Waals surface area contributed by atoms with Gasteiger partial charge >= 0.3 is 6.16 Å².